The molecular weight excluding hydrogens is 268 g/mol. The van der Waals surface area contributed by atoms with Gasteiger partial charge in [-0.05, 0) is 25.8 Å². The van der Waals surface area contributed by atoms with Crippen LogP contribution in [0.5, 0.6) is 0 Å². The number of hydrogen-bond acceptors (Lipinski definition) is 5. The van der Waals surface area contributed by atoms with E-state index in [9.17, 15) is 10.1 Å². The molecule has 2 rings (SSSR count). The molecule has 2 aromatic rings. The maximum absolute atomic E-state index is 12.2. The van der Waals surface area contributed by atoms with Crippen LogP contribution in [0.3, 0.4) is 0 Å². The van der Waals surface area contributed by atoms with Crippen molar-refractivity contribution in [2.45, 2.75) is 39.0 Å². The van der Waals surface area contributed by atoms with E-state index < -0.39 is 11.4 Å². The smallest absolute Gasteiger partial charge is 0.332 e. The van der Waals surface area contributed by atoms with E-state index in [1.807, 2.05) is 26.0 Å². The molecule has 2 heterocycles. The molecule has 0 fully saturated rings. The summed E-state index contributed by atoms with van der Waals surface area (Å²) in [6.07, 6.45) is 3.24. The third-order valence-corrected chi connectivity index (χ3v) is 3.38. The maximum Gasteiger partial charge on any atom is 0.332 e. The van der Waals surface area contributed by atoms with Gasteiger partial charge in [0.1, 0.15) is 0 Å². The standard InChI is InChI=1S/C15H18N4O2/c1-5-21-14(20)15(4,9-16)13-12-8-11(10(2)3)18-19(12)7-6-17-13/h6-8,10H,5H2,1-4H3. The van der Waals surface area contributed by atoms with Crippen LogP contribution in [0.1, 0.15) is 45.0 Å². The minimum atomic E-state index is -1.45. The number of rotatable bonds is 4. The van der Waals surface area contributed by atoms with Gasteiger partial charge in [0.15, 0.2) is 5.41 Å². The molecule has 0 bridgehead atoms. The van der Waals surface area contributed by atoms with Gasteiger partial charge in [-0.1, -0.05) is 13.8 Å². The molecule has 0 amide bonds. The normalized spacial score (nSPS) is 13.9. The van der Waals surface area contributed by atoms with Crippen molar-refractivity contribution in [2.75, 3.05) is 6.61 Å². The van der Waals surface area contributed by atoms with Crippen LogP contribution in [0.15, 0.2) is 18.5 Å². The molecule has 6 heteroatoms. The number of hydrogen-bond donors (Lipinski definition) is 0. The van der Waals surface area contributed by atoms with E-state index in [2.05, 4.69) is 10.1 Å². The van der Waals surface area contributed by atoms with Gasteiger partial charge in [-0.2, -0.15) is 10.4 Å². The predicted octanol–water partition coefficient (Wildman–Crippen LogP) is 2.20. The van der Waals surface area contributed by atoms with Gasteiger partial charge in [-0.3, -0.25) is 4.98 Å². The Hall–Kier alpha value is -2.42. The molecule has 0 saturated carbocycles. The lowest BCUT2D eigenvalue weighted by Gasteiger charge is -2.19. The highest BCUT2D eigenvalue weighted by Gasteiger charge is 2.40. The second-order valence-electron chi connectivity index (χ2n) is 5.29. The molecule has 1 atom stereocenters. The summed E-state index contributed by atoms with van der Waals surface area (Å²) in [6, 6.07) is 3.89. The number of fused-ring (bicyclic) bond motifs is 1. The van der Waals surface area contributed by atoms with Crippen molar-refractivity contribution in [3.8, 4) is 6.07 Å². The monoisotopic (exact) mass is 286 g/mol. The largest absolute Gasteiger partial charge is 0.465 e. The summed E-state index contributed by atoms with van der Waals surface area (Å²) in [4.78, 5) is 16.4. The lowest BCUT2D eigenvalue weighted by Crippen LogP contribution is -2.34. The Kier molecular flexibility index (Phi) is 3.94. The first-order valence-electron chi connectivity index (χ1n) is 6.87. The topological polar surface area (TPSA) is 80.3 Å². The third-order valence-electron chi connectivity index (χ3n) is 3.38. The Morgan fingerprint density at radius 1 is 1.57 bits per heavy atom. The first-order valence-corrected chi connectivity index (χ1v) is 6.87. The van der Waals surface area contributed by atoms with E-state index in [0.29, 0.717) is 11.2 Å². The lowest BCUT2D eigenvalue weighted by atomic mass is 9.87. The van der Waals surface area contributed by atoms with Gasteiger partial charge < -0.3 is 4.74 Å². The van der Waals surface area contributed by atoms with Crippen molar-refractivity contribution in [1.82, 2.24) is 14.6 Å². The number of nitriles is 1. The SMILES string of the molecule is CCOC(=O)C(C)(C#N)c1nccn2nc(C(C)C)cc12. The lowest BCUT2D eigenvalue weighted by molar-refractivity contribution is -0.147. The Morgan fingerprint density at radius 2 is 2.29 bits per heavy atom. The molecule has 0 N–H and O–H groups in total. The van der Waals surface area contributed by atoms with E-state index in [-0.39, 0.29) is 12.5 Å². The summed E-state index contributed by atoms with van der Waals surface area (Å²) in [5.41, 5.74) is 0.448. The van der Waals surface area contributed by atoms with Crippen LogP contribution in [0, 0.1) is 11.3 Å². The number of carbonyl (C=O) groups is 1. The molecule has 0 saturated heterocycles. The molecule has 21 heavy (non-hydrogen) atoms. The molecule has 0 aliphatic rings. The molecular formula is C15H18N4O2. The minimum absolute atomic E-state index is 0.218. The van der Waals surface area contributed by atoms with Gasteiger partial charge in [0, 0.05) is 12.4 Å². The molecule has 0 radical (unpaired) electrons. The Balaban J connectivity index is 2.64. The van der Waals surface area contributed by atoms with Gasteiger partial charge in [0.05, 0.1) is 29.6 Å². The fourth-order valence-corrected chi connectivity index (χ4v) is 2.08. The summed E-state index contributed by atoms with van der Waals surface area (Å²) in [5, 5.41) is 13.9. The van der Waals surface area contributed by atoms with E-state index in [1.54, 1.807) is 17.6 Å². The minimum Gasteiger partial charge on any atom is -0.465 e. The van der Waals surface area contributed by atoms with Gasteiger partial charge in [-0.25, -0.2) is 9.31 Å². The van der Waals surface area contributed by atoms with Crippen LogP contribution in [0.2, 0.25) is 0 Å². The summed E-state index contributed by atoms with van der Waals surface area (Å²) >= 11 is 0. The van der Waals surface area contributed by atoms with Crippen molar-refractivity contribution in [3.63, 3.8) is 0 Å². The van der Waals surface area contributed by atoms with Crippen LogP contribution in [0.25, 0.3) is 5.52 Å². The number of carbonyl (C=O) groups excluding carboxylic acids is 1. The first-order chi connectivity index (χ1) is 9.93. The third kappa shape index (κ3) is 2.47. The van der Waals surface area contributed by atoms with E-state index in [0.717, 1.165) is 5.69 Å². The fraction of sp³-hybridized carbons (Fsp3) is 0.467. The first kappa shape index (κ1) is 15.0. The van der Waals surface area contributed by atoms with Crippen molar-refractivity contribution in [3.05, 3.63) is 29.8 Å². The van der Waals surface area contributed by atoms with Crippen LogP contribution in [0.4, 0.5) is 0 Å². The molecule has 110 valence electrons. The number of aromatic nitrogens is 3. The summed E-state index contributed by atoms with van der Waals surface area (Å²) in [5.74, 6) is -0.353. The fourth-order valence-electron chi connectivity index (χ4n) is 2.08. The summed E-state index contributed by atoms with van der Waals surface area (Å²) in [7, 11) is 0. The van der Waals surface area contributed by atoms with Crippen molar-refractivity contribution >= 4 is 11.5 Å². The molecule has 0 aliphatic heterocycles. The van der Waals surface area contributed by atoms with Crippen LogP contribution in [-0.2, 0) is 14.9 Å². The van der Waals surface area contributed by atoms with E-state index in [1.165, 1.54) is 13.1 Å². The quantitative estimate of drug-likeness (QED) is 0.805. The Labute approximate surface area is 123 Å². The molecule has 0 spiro atoms. The van der Waals surface area contributed by atoms with Gasteiger partial charge in [0.2, 0.25) is 0 Å². The average molecular weight is 286 g/mol. The van der Waals surface area contributed by atoms with Crippen LogP contribution < -0.4 is 0 Å². The highest BCUT2D eigenvalue weighted by Crippen LogP contribution is 2.28. The average Bonchev–Trinajstić information content (AvgIpc) is 2.90. The second-order valence-corrected chi connectivity index (χ2v) is 5.29. The van der Waals surface area contributed by atoms with Gasteiger partial charge >= 0.3 is 5.97 Å². The maximum atomic E-state index is 12.2. The zero-order valence-electron chi connectivity index (χ0n) is 12.6. The van der Waals surface area contributed by atoms with Crippen molar-refractivity contribution < 1.29 is 9.53 Å². The molecule has 0 aliphatic carbocycles. The van der Waals surface area contributed by atoms with Crippen LogP contribution in [-0.4, -0.2) is 27.2 Å². The molecule has 6 nitrogen and oxygen atoms in total. The van der Waals surface area contributed by atoms with Crippen molar-refractivity contribution in [2.24, 2.45) is 0 Å². The summed E-state index contributed by atoms with van der Waals surface area (Å²) in [6.45, 7) is 7.51. The summed E-state index contributed by atoms with van der Waals surface area (Å²) < 4.78 is 6.67. The number of esters is 1. The molecule has 1 unspecified atom stereocenters. The second kappa shape index (κ2) is 5.52. The zero-order chi connectivity index (χ0) is 15.6. The highest BCUT2D eigenvalue weighted by atomic mass is 16.5. The molecule has 2 aromatic heterocycles. The Bertz CT molecular complexity index is 714. The predicted molar refractivity (Wildman–Crippen MR) is 76.7 cm³/mol. The van der Waals surface area contributed by atoms with E-state index >= 15 is 0 Å². The van der Waals surface area contributed by atoms with Crippen LogP contribution >= 0.6 is 0 Å². The Morgan fingerprint density at radius 3 is 2.86 bits per heavy atom. The van der Waals surface area contributed by atoms with Gasteiger partial charge in [0.25, 0.3) is 0 Å². The molecule has 0 aromatic carbocycles. The highest BCUT2D eigenvalue weighted by molar-refractivity contribution is 5.88. The number of nitrogens with zero attached hydrogens (tertiary/aromatic N) is 4. The van der Waals surface area contributed by atoms with Crippen molar-refractivity contribution in [1.29, 1.82) is 5.26 Å². The van der Waals surface area contributed by atoms with Gasteiger partial charge in [-0.15, -0.1) is 0 Å². The zero-order valence-corrected chi connectivity index (χ0v) is 12.6. The number of ether oxygens (including phenoxy) is 1. The van der Waals surface area contributed by atoms with E-state index in [4.69, 9.17) is 4.74 Å².